The van der Waals surface area contributed by atoms with Crippen LogP contribution in [0.25, 0.3) is 0 Å². The summed E-state index contributed by atoms with van der Waals surface area (Å²) >= 11 is 0. The van der Waals surface area contributed by atoms with Crippen LogP contribution in [0.5, 0.6) is 11.5 Å². The lowest BCUT2D eigenvalue weighted by molar-refractivity contribution is 0.171. The number of ether oxygens (including phenoxy) is 2. The Morgan fingerprint density at radius 2 is 1.81 bits per heavy atom. The first-order valence-corrected chi connectivity index (χ1v) is 8.30. The molecule has 1 aromatic carbocycles. The minimum Gasteiger partial charge on any atom is -0.486 e. The summed E-state index contributed by atoms with van der Waals surface area (Å²) in [4.78, 5) is 0. The quantitative estimate of drug-likeness (QED) is 0.899. The van der Waals surface area contributed by atoms with Gasteiger partial charge in [-0.3, -0.25) is 0 Å². The largest absolute Gasteiger partial charge is 0.486 e. The fourth-order valence-electron chi connectivity index (χ4n) is 3.59. The van der Waals surface area contributed by atoms with Gasteiger partial charge in [0.1, 0.15) is 13.2 Å². The topological polar surface area (TPSA) is 30.5 Å². The summed E-state index contributed by atoms with van der Waals surface area (Å²) in [6, 6.07) is 6.55. The summed E-state index contributed by atoms with van der Waals surface area (Å²) in [5, 5.41) is 3.67. The first-order valence-electron chi connectivity index (χ1n) is 8.30. The van der Waals surface area contributed by atoms with E-state index < -0.39 is 0 Å². The minimum absolute atomic E-state index is 0.282. The van der Waals surface area contributed by atoms with Crippen molar-refractivity contribution in [2.45, 2.75) is 44.9 Å². The highest BCUT2D eigenvalue weighted by Crippen LogP contribution is 2.43. The Bertz CT molecular complexity index is 478. The van der Waals surface area contributed by atoms with Gasteiger partial charge in [-0.2, -0.15) is 0 Å². The van der Waals surface area contributed by atoms with Crippen LogP contribution in [-0.2, 0) is 5.41 Å². The van der Waals surface area contributed by atoms with Crippen molar-refractivity contribution in [3.8, 4) is 11.5 Å². The molecule has 1 fully saturated rings. The first kappa shape index (κ1) is 14.7. The standard InChI is InChI=1S/C18H27NO2/c1-14(2)12-19-13-18(7-3-4-8-18)15-5-6-16-17(11-15)21-10-9-20-16/h5-6,11,14,19H,3-4,7-10,12-13H2,1-2H3. The monoisotopic (exact) mass is 289 g/mol. The molecule has 0 aromatic heterocycles. The summed E-state index contributed by atoms with van der Waals surface area (Å²) in [6.07, 6.45) is 5.21. The summed E-state index contributed by atoms with van der Waals surface area (Å²) in [5.41, 5.74) is 1.70. The summed E-state index contributed by atoms with van der Waals surface area (Å²) < 4.78 is 11.4. The third-order valence-electron chi connectivity index (χ3n) is 4.73. The maximum atomic E-state index is 5.77. The zero-order chi connectivity index (χ0) is 14.7. The van der Waals surface area contributed by atoms with Crippen LogP contribution in [0.4, 0.5) is 0 Å². The van der Waals surface area contributed by atoms with E-state index >= 15 is 0 Å². The summed E-state index contributed by atoms with van der Waals surface area (Å²) in [6.45, 7) is 8.01. The van der Waals surface area contributed by atoms with E-state index in [1.807, 2.05) is 0 Å². The van der Waals surface area contributed by atoms with Crippen molar-refractivity contribution >= 4 is 0 Å². The van der Waals surface area contributed by atoms with Gasteiger partial charge in [0.05, 0.1) is 0 Å². The number of hydrogen-bond acceptors (Lipinski definition) is 3. The lowest BCUT2D eigenvalue weighted by atomic mass is 9.78. The average Bonchev–Trinajstić information content (AvgIpc) is 2.96. The third kappa shape index (κ3) is 3.18. The Morgan fingerprint density at radius 3 is 2.52 bits per heavy atom. The number of rotatable bonds is 5. The molecule has 1 heterocycles. The van der Waals surface area contributed by atoms with Crippen LogP contribution in [-0.4, -0.2) is 26.3 Å². The highest BCUT2D eigenvalue weighted by atomic mass is 16.6. The van der Waals surface area contributed by atoms with E-state index in [-0.39, 0.29) is 5.41 Å². The fourth-order valence-corrected chi connectivity index (χ4v) is 3.59. The van der Waals surface area contributed by atoms with Gasteiger partial charge in [0.15, 0.2) is 11.5 Å². The second kappa shape index (κ2) is 6.27. The number of benzene rings is 1. The van der Waals surface area contributed by atoms with E-state index in [1.165, 1.54) is 31.2 Å². The Balaban J connectivity index is 1.80. The number of nitrogens with one attached hydrogen (secondary N) is 1. The molecule has 0 amide bonds. The predicted octanol–water partition coefficient (Wildman–Crippen LogP) is 3.52. The van der Waals surface area contributed by atoms with Gasteiger partial charge in [-0.1, -0.05) is 32.8 Å². The maximum Gasteiger partial charge on any atom is 0.161 e. The second-order valence-corrected chi connectivity index (χ2v) is 6.87. The van der Waals surface area contributed by atoms with Crippen molar-refractivity contribution in [1.82, 2.24) is 5.32 Å². The lowest BCUT2D eigenvalue weighted by Gasteiger charge is -2.32. The molecule has 116 valence electrons. The Labute approximate surface area is 128 Å². The Morgan fingerprint density at radius 1 is 1.10 bits per heavy atom. The van der Waals surface area contributed by atoms with Crippen molar-refractivity contribution in [3.63, 3.8) is 0 Å². The molecular weight excluding hydrogens is 262 g/mol. The van der Waals surface area contributed by atoms with E-state index in [0.29, 0.717) is 19.1 Å². The third-order valence-corrected chi connectivity index (χ3v) is 4.73. The van der Waals surface area contributed by atoms with Gasteiger partial charge < -0.3 is 14.8 Å². The van der Waals surface area contributed by atoms with Crippen molar-refractivity contribution < 1.29 is 9.47 Å². The Kier molecular flexibility index (Phi) is 4.39. The van der Waals surface area contributed by atoms with E-state index in [2.05, 4.69) is 37.4 Å². The van der Waals surface area contributed by atoms with Crippen molar-refractivity contribution in [1.29, 1.82) is 0 Å². The molecule has 0 unspecified atom stereocenters. The van der Waals surface area contributed by atoms with Crippen LogP contribution in [0.2, 0.25) is 0 Å². The average molecular weight is 289 g/mol. The summed E-state index contributed by atoms with van der Waals surface area (Å²) in [5.74, 6) is 2.52. The number of fused-ring (bicyclic) bond motifs is 1. The molecule has 2 aliphatic rings. The molecule has 3 nitrogen and oxygen atoms in total. The van der Waals surface area contributed by atoms with Crippen molar-refractivity contribution in [2.75, 3.05) is 26.3 Å². The van der Waals surface area contributed by atoms with Crippen LogP contribution in [0.3, 0.4) is 0 Å². The van der Waals surface area contributed by atoms with E-state index in [1.54, 1.807) is 0 Å². The molecule has 1 aliphatic heterocycles. The van der Waals surface area contributed by atoms with Crippen molar-refractivity contribution in [3.05, 3.63) is 23.8 Å². The second-order valence-electron chi connectivity index (χ2n) is 6.87. The molecular formula is C18H27NO2. The lowest BCUT2D eigenvalue weighted by Crippen LogP contribution is -2.37. The summed E-state index contributed by atoms with van der Waals surface area (Å²) in [7, 11) is 0. The molecule has 0 saturated heterocycles. The first-order chi connectivity index (χ1) is 10.2. The van der Waals surface area contributed by atoms with E-state index in [0.717, 1.165) is 24.6 Å². The van der Waals surface area contributed by atoms with Crippen LogP contribution < -0.4 is 14.8 Å². The molecule has 0 bridgehead atoms. The zero-order valence-electron chi connectivity index (χ0n) is 13.3. The molecule has 0 spiro atoms. The molecule has 1 aromatic rings. The SMILES string of the molecule is CC(C)CNCC1(c2ccc3c(c2)OCCO3)CCCC1. The maximum absolute atomic E-state index is 5.77. The molecule has 0 radical (unpaired) electrons. The minimum atomic E-state index is 0.282. The van der Waals surface area contributed by atoms with Gasteiger partial charge in [-0.15, -0.1) is 0 Å². The number of hydrogen-bond donors (Lipinski definition) is 1. The van der Waals surface area contributed by atoms with Crippen LogP contribution >= 0.6 is 0 Å². The molecule has 1 saturated carbocycles. The highest BCUT2D eigenvalue weighted by Gasteiger charge is 2.36. The normalized spacial score (nSPS) is 20.0. The predicted molar refractivity (Wildman–Crippen MR) is 85.3 cm³/mol. The van der Waals surface area contributed by atoms with Gasteiger partial charge in [-0.25, -0.2) is 0 Å². The van der Waals surface area contributed by atoms with Crippen LogP contribution in [0.1, 0.15) is 45.1 Å². The van der Waals surface area contributed by atoms with Crippen LogP contribution in [0, 0.1) is 5.92 Å². The molecule has 3 rings (SSSR count). The van der Waals surface area contributed by atoms with Gasteiger partial charge in [0.2, 0.25) is 0 Å². The van der Waals surface area contributed by atoms with Gasteiger partial charge in [0.25, 0.3) is 0 Å². The molecule has 1 aliphatic carbocycles. The van der Waals surface area contributed by atoms with Gasteiger partial charge in [0, 0.05) is 12.0 Å². The smallest absolute Gasteiger partial charge is 0.161 e. The fraction of sp³-hybridized carbons (Fsp3) is 0.667. The van der Waals surface area contributed by atoms with Crippen LogP contribution in [0.15, 0.2) is 18.2 Å². The van der Waals surface area contributed by atoms with Crippen molar-refractivity contribution in [2.24, 2.45) is 5.92 Å². The molecule has 3 heteroatoms. The van der Waals surface area contributed by atoms with Gasteiger partial charge in [-0.05, 0) is 43.0 Å². The van der Waals surface area contributed by atoms with Gasteiger partial charge >= 0.3 is 0 Å². The van der Waals surface area contributed by atoms with E-state index in [4.69, 9.17) is 9.47 Å². The Hall–Kier alpha value is -1.22. The molecule has 0 atom stereocenters. The molecule has 21 heavy (non-hydrogen) atoms. The highest BCUT2D eigenvalue weighted by molar-refractivity contribution is 5.46. The zero-order valence-corrected chi connectivity index (χ0v) is 13.3. The molecule has 1 N–H and O–H groups in total. The van der Waals surface area contributed by atoms with E-state index in [9.17, 15) is 0 Å².